The lowest BCUT2D eigenvalue weighted by molar-refractivity contribution is 0.198. The Kier molecular flexibility index (Phi) is 5.55. The van der Waals surface area contributed by atoms with Crippen molar-refractivity contribution in [1.82, 2.24) is 4.90 Å². The zero-order chi connectivity index (χ0) is 13.8. The predicted molar refractivity (Wildman–Crippen MR) is 87.1 cm³/mol. The Labute approximate surface area is 129 Å². The van der Waals surface area contributed by atoms with Crippen LogP contribution in [0.3, 0.4) is 0 Å². The van der Waals surface area contributed by atoms with E-state index in [9.17, 15) is 0 Å². The molecule has 1 fully saturated rings. The number of rotatable bonds is 4. The van der Waals surface area contributed by atoms with Crippen LogP contribution in [0.25, 0.3) is 0 Å². The number of likely N-dealkylation sites (tertiary alicyclic amines) is 1. The largest absolute Gasteiger partial charge is 0.382 e. The minimum Gasteiger partial charge on any atom is -0.382 e. The van der Waals surface area contributed by atoms with Gasteiger partial charge in [0.2, 0.25) is 0 Å². The van der Waals surface area contributed by atoms with Gasteiger partial charge in [0.25, 0.3) is 0 Å². The van der Waals surface area contributed by atoms with Gasteiger partial charge < -0.3 is 10.2 Å². The third kappa shape index (κ3) is 4.66. The lowest BCUT2D eigenvalue weighted by Crippen LogP contribution is -2.40. The van der Waals surface area contributed by atoms with Gasteiger partial charge in [-0.15, -0.1) is 0 Å². The molecule has 0 unspecified atom stereocenters. The van der Waals surface area contributed by atoms with Crippen LogP contribution in [0.15, 0.2) is 22.7 Å². The summed E-state index contributed by atoms with van der Waals surface area (Å²) >= 11 is 9.48. The van der Waals surface area contributed by atoms with Gasteiger partial charge in [0.15, 0.2) is 0 Å². The lowest BCUT2D eigenvalue weighted by Gasteiger charge is -2.33. The zero-order valence-electron chi connectivity index (χ0n) is 11.6. The van der Waals surface area contributed by atoms with Crippen molar-refractivity contribution in [2.75, 3.05) is 25.0 Å². The van der Waals surface area contributed by atoms with Crippen molar-refractivity contribution in [3.8, 4) is 0 Å². The van der Waals surface area contributed by atoms with Crippen molar-refractivity contribution in [2.24, 2.45) is 5.92 Å². The highest BCUT2D eigenvalue weighted by atomic mass is 79.9. The van der Waals surface area contributed by atoms with Crippen LogP contribution in [-0.2, 0) is 0 Å². The van der Waals surface area contributed by atoms with E-state index in [1.165, 1.54) is 32.5 Å². The van der Waals surface area contributed by atoms with Crippen LogP contribution >= 0.6 is 27.5 Å². The molecule has 1 aliphatic rings. The highest BCUT2D eigenvalue weighted by Gasteiger charge is 2.19. The second kappa shape index (κ2) is 6.96. The Balaban J connectivity index is 1.83. The molecule has 0 bridgehead atoms. The second-order valence-corrected chi connectivity index (χ2v) is 7.00. The second-order valence-electron chi connectivity index (χ2n) is 5.74. The van der Waals surface area contributed by atoms with E-state index in [0.29, 0.717) is 6.04 Å². The Morgan fingerprint density at radius 3 is 2.63 bits per heavy atom. The molecule has 0 aliphatic carbocycles. The topological polar surface area (TPSA) is 15.3 Å². The first kappa shape index (κ1) is 15.1. The van der Waals surface area contributed by atoms with E-state index in [1.54, 1.807) is 0 Å². The maximum atomic E-state index is 6.01. The van der Waals surface area contributed by atoms with E-state index in [0.717, 1.165) is 21.1 Å². The van der Waals surface area contributed by atoms with Crippen LogP contribution in [0.2, 0.25) is 5.02 Å². The smallest absolute Gasteiger partial charge is 0.0549 e. The first-order chi connectivity index (χ1) is 9.04. The number of benzene rings is 1. The van der Waals surface area contributed by atoms with E-state index in [2.05, 4.69) is 46.1 Å². The average Bonchev–Trinajstić information content (AvgIpc) is 2.36. The van der Waals surface area contributed by atoms with Crippen LogP contribution in [0.5, 0.6) is 0 Å². The molecule has 0 radical (unpaired) electrons. The van der Waals surface area contributed by atoms with Gasteiger partial charge in [-0.3, -0.25) is 0 Å². The van der Waals surface area contributed by atoms with E-state index < -0.39 is 0 Å². The molecular weight excluding hydrogens is 324 g/mol. The first-order valence-electron chi connectivity index (χ1n) is 6.98. The summed E-state index contributed by atoms with van der Waals surface area (Å²) in [5, 5.41) is 4.37. The quantitative estimate of drug-likeness (QED) is 0.855. The van der Waals surface area contributed by atoms with Gasteiger partial charge in [-0.05, 0) is 52.9 Å². The molecule has 1 aliphatic heterocycles. The van der Waals surface area contributed by atoms with Gasteiger partial charge >= 0.3 is 0 Å². The fourth-order valence-corrected chi connectivity index (χ4v) is 3.09. The number of piperidine rings is 1. The van der Waals surface area contributed by atoms with Crippen LogP contribution in [0, 0.1) is 5.92 Å². The highest BCUT2D eigenvalue weighted by Crippen LogP contribution is 2.27. The number of hydrogen-bond acceptors (Lipinski definition) is 2. The fourth-order valence-electron chi connectivity index (χ4n) is 2.60. The molecule has 2 nitrogen and oxygen atoms in total. The summed E-state index contributed by atoms with van der Waals surface area (Å²) in [5.41, 5.74) is 1.15. The van der Waals surface area contributed by atoms with Crippen molar-refractivity contribution < 1.29 is 0 Å². The Morgan fingerprint density at radius 2 is 2.05 bits per heavy atom. The van der Waals surface area contributed by atoms with Gasteiger partial charge in [0, 0.05) is 35.8 Å². The summed E-state index contributed by atoms with van der Waals surface area (Å²) in [6.07, 6.45) is 2.43. The molecule has 0 amide bonds. The predicted octanol–water partition coefficient (Wildman–Crippen LogP) is 4.63. The molecule has 1 aromatic carbocycles. The molecule has 0 saturated carbocycles. The third-order valence-electron chi connectivity index (χ3n) is 3.50. The molecule has 2 rings (SSSR count). The fraction of sp³-hybridized carbons (Fsp3) is 0.600. The van der Waals surface area contributed by atoms with E-state index >= 15 is 0 Å². The summed E-state index contributed by atoms with van der Waals surface area (Å²) in [6, 6.07) is 6.62. The van der Waals surface area contributed by atoms with Crippen molar-refractivity contribution in [2.45, 2.75) is 32.7 Å². The summed E-state index contributed by atoms with van der Waals surface area (Å²) in [7, 11) is 0. The molecular formula is C15H22BrClN2. The number of nitrogens with zero attached hydrogens (tertiary/aromatic N) is 1. The van der Waals surface area contributed by atoms with Crippen LogP contribution in [-0.4, -0.2) is 30.6 Å². The minimum absolute atomic E-state index is 0.580. The number of nitrogens with one attached hydrogen (secondary N) is 1. The summed E-state index contributed by atoms with van der Waals surface area (Å²) in [6.45, 7) is 8.19. The van der Waals surface area contributed by atoms with Crippen molar-refractivity contribution in [1.29, 1.82) is 0 Å². The molecule has 4 heteroatoms. The Hall–Kier alpha value is -0.250. The number of halogens is 2. The van der Waals surface area contributed by atoms with Crippen molar-refractivity contribution in [3.63, 3.8) is 0 Å². The van der Waals surface area contributed by atoms with Gasteiger partial charge in [0.05, 0.1) is 5.02 Å². The Morgan fingerprint density at radius 1 is 1.37 bits per heavy atom. The molecule has 0 spiro atoms. The van der Waals surface area contributed by atoms with E-state index in [4.69, 9.17) is 11.6 Å². The SMILES string of the molecule is CC(C)CN1CCC(Nc2ccc(Cl)c(Br)c2)CC1. The molecule has 1 heterocycles. The van der Waals surface area contributed by atoms with Gasteiger partial charge in [-0.1, -0.05) is 25.4 Å². The monoisotopic (exact) mass is 344 g/mol. The van der Waals surface area contributed by atoms with E-state index in [-0.39, 0.29) is 0 Å². The van der Waals surface area contributed by atoms with E-state index in [1.807, 2.05) is 12.1 Å². The summed E-state index contributed by atoms with van der Waals surface area (Å²) in [5.74, 6) is 0.761. The maximum absolute atomic E-state index is 6.01. The van der Waals surface area contributed by atoms with Gasteiger partial charge in [-0.2, -0.15) is 0 Å². The lowest BCUT2D eigenvalue weighted by atomic mass is 10.0. The maximum Gasteiger partial charge on any atom is 0.0549 e. The third-order valence-corrected chi connectivity index (χ3v) is 4.72. The molecule has 106 valence electrons. The summed E-state index contributed by atoms with van der Waals surface area (Å²) < 4.78 is 0.955. The van der Waals surface area contributed by atoms with Crippen molar-refractivity contribution in [3.05, 3.63) is 27.7 Å². The highest BCUT2D eigenvalue weighted by molar-refractivity contribution is 9.10. The zero-order valence-corrected chi connectivity index (χ0v) is 14.0. The molecule has 0 atom stereocenters. The van der Waals surface area contributed by atoms with Crippen LogP contribution in [0.1, 0.15) is 26.7 Å². The molecule has 1 aromatic rings. The first-order valence-corrected chi connectivity index (χ1v) is 8.15. The summed E-state index contributed by atoms with van der Waals surface area (Å²) in [4.78, 5) is 2.57. The molecule has 1 saturated heterocycles. The molecule has 0 aromatic heterocycles. The average molecular weight is 346 g/mol. The van der Waals surface area contributed by atoms with Crippen molar-refractivity contribution >= 4 is 33.2 Å². The standard InChI is InChI=1S/C15H22BrClN2/c1-11(2)10-19-7-5-12(6-8-19)18-13-3-4-15(17)14(16)9-13/h3-4,9,11-12,18H,5-8,10H2,1-2H3. The molecule has 1 N–H and O–H groups in total. The number of hydrogen-bond donors (Lipinski definition) is 1. The normalized spacial score (nSPS) is 17.9. The number of anilines is 1. The van der Waals surface area contributed by atoms with Crippen LogP contribution < -0.4 is 5.32 Å². The molecule has 19 heavy (non-hydrogen) atoms. The van der Waals surface area contributed by atoms with Gasteiger partial charge in [-0.25, -0.2) is 0 Å². The minimum atomic E-state index is 0.580. The Bertz CT molecular complexity index is 415. The van der Waals surface area contributed by atoms with Crippen LogP contribution in [0.4, 0.5) is 5.69 Å². The van der Waals surface area contributed by atoms with Gasteiger partial charge in [0.1, 0.15) is 0 Å².